The fourth-order valence-corrected chi connectivity index (χ4v) is 1.63. The number of hydrogen-bond donors (Lipinski definition) is 1. The van der Waals surface area contributed by atoms with E-state index in [4.69, 9.17) is 9.47 Å². The number of rotatable bonds is 3. The molecule has 1 aromatic heterocycles. The number of aromatic nitrogens is 2. The number of methoxy groups -OCH3 is 1. The molecule has 1 N–H and O–H groups in total. The standard InChI is InChI=1S/C10H15N3O2/c1-7-9(14-2)12-6-13-10(7)15-8-3-4-11-5-8/h6,8,11H,3-5H2,1-2H3. The van der Waals surface area contributed by atoms with Gasteiger partial charge in [0.05, 0.1) is 12.7 Å². The van der Waals surface area contributed by atoms with Crippen LogP contribution in [-0.2, 0) is 0 Å². The molecule has 0 aliphatic carbocycles. The summed E-state index contributed by atoms with van der Waals surface area (Å²) in [5.41, 5.74) is 0.854. The zero-order chi connectivity index (χ0) is 10.7. The zero-order valence-electron chi connectivity index (χ0n) is 8.99. The third-order valence-corrected chi connectivity index (χ3v) is 2.48. The van der Waals surface area contributed by atoms with Crippen molar-refractivity contribution in [2.45, 2.75) is 19.4 Å². The zero-order valence-corrected chi connectivity index (χ0v) is 8.99. The predicted molar refractivity (Wildman–Crippen MR) is 55.2 cm³/mol. The first-order chi connectivity index (χ1) is 7.31. The van der Waals surface area contributed by atoms with Gasteiger partial charge in [-0.15, -0.1) is 0 Å². The van der Waals surface area contributed by atoms with Gasteiger partial charge in [-0.1, -0.05) is 0 Å². The highest BCUT2D eigenvalue weighted by Gasteiger charge is 2.18. The van der Waals surface area contributed by atoms with Crippen molar-refractivity contribution in [3.63, 3.8) is 0 Å². The van der Waals surface area contributed by atoms with Crippen LogP contribution in [0.15, 0.2) is 6.33 Å². The van der Waals surface area contributed by atoms with Crippen LogP contribution in [0.5, 0.6) is 11.8 Å². The molecule has 2 heterocycles. The second kappa shape index (κ2) is 4.44. The van der Waals surface area contributed by atoms with Crippen LogP contribution in [0.4, 0.5) is 0 Å². The second-order valence-corrected chi connectivity index (χ2v) is 3.55. The largest absolute Gasteiger partial charge is 0.481 e. The van der Waals surface area contributed by atoms with E-state index in [0.29, 0.717) is 11.8 Å². The second-order valence-electron chi connectivity index (χ2n) is 3.55. The third-order valence-electron chi connectivity index (χ3n) is 2.48. The van der Waals surface area contributed by atoms with Gasteiger partial charge in [0.2, 0.25) is 11.8 Å². The van der Waals surface area contributed by atoms with E-state index in [0.717, 1.165) is 25.1 Å². The van der Waals surface area contributed by atoms with E-state index in [2.05, 4.69) is 15.3 Å². The van der Waals surface area contributed by atoms with Crippen LogP contribution in [0, 0.1) is 6.92 Å². The Morgan fingerprint density at radius 1 is 1.40 bits per heavy atom. The summed E-state index contributed by atoms with van der Waals surface area (Å²) < 4.78 is 10.9. The molecule has 15 heavy (non-hydrogen) atoms. The van der Waals surface area contributed by atoms with Crippen molar-refractivity contribution in [1.29, 1.82) is 0 Å². The lowest BCUT2D eigenvalue weighted by atomic mass is 10.3. The maximum absolute atomic E-state index is 5.75. The first-order valence-electron chi connectivity index (χ1n) is 5.04. The van der Waals surface area contributed by atoms with E-state index in [-0.39, 0.29) is 6.10 Å². The molecule has 1 atom stereocenters. The molecule has 1 fully saturated rings. The number of ether oxygens (including phenoxy) is 2. The Hall–Kier alpha value is -1.36. The van der Waals surface area contributed by atoms with Gasteiger partial charge in [-0.3, -0.25) is 0 Å². The summed E-state index contributed by atoms with van der Waals surface area (Å²) in [5.74, 6) is 1.20. The fraction of sp³-hybridized carbons (Fsp3) is 0.600. The fourth-order valence-electron chi connectivity index (χ4n) is 1.63. The molecule has 2 rings (SSSR count). The van der Waals surface area contributed by atoms with E-state index in [1.54, 1.807) is 7.11 Å². The summed E-state index contributed by atoms with van der Waals surface area (Å²) in [5, 5.41) is 3.24. The normalized spacial score (nSPS) is 20.3. The first-order valence-corrected chi connectivity index (χ1v) is 5.04. The highest BCUT2D eigenvalue weighted by atomic mass is 16.5. The summed E-state index contributed by atoms with van der Waals surface area (Å²) in [4.78, 5) is 8.11. The minimum atomic E-state index is 0.211. The van der Waals surface area contributed by atoms with Crippen molar-refractivity contribution < 1.29 is 9.47 Å². The molecular weight excluding hydrogens is 194 g/mol. The molecule has 1 saturated heterocycles. The monoisotopic (exact) mass is 209 g/mol. The smallest absolute Gasteiger partial charge is 0.223 e. The summed E-state index contributed by atoms with van der Waals surface area (Å²) in [7, 11) is 1.59. The molecular formula is C10H15N3O2. The Balaban J connectivity index is 2.13. The average Bonchev–Trinajstić information content (AvgIpc) is 2.74. The van der Waals surface area contributed by atoms with Crippen LogP contribution < -0.4 is 14.8 Å². The third kappa shape index (κ3) is 2.18. The molecule has 5 nitrogen and oxygen atoms in total. The van der Waals surface area contributed by atoms with Crippen LogP contribution in [0.1, 0.15) is 12.0 Å². The number of hydrogen-bond acceptors (Lipinski definition) is 5. The summed E-state index contributed by atoms with van der Waals surface area (Å²) in [6.07, 6.45) is 2.69. The minimum absolute atomic E-state index is 0.211. The van der Waals surface area contributed by atoms with Gasteiger partial charge in [-0.25, -0.2) is 9.97 Å². The highest BCUT2D eigenvalue weighted by molar-refractivity contribution is 5.32. The van der Waals surface area contributed by atoms with Crippen LogP contribution in [0.3, 0.4) is 0 Å². The molecule has 5 heteroatoms. The molecule has 0 spiro atoms. The van der Waals surface area contributed by atoms with E-state index in [9.17, 15) is 0 Å². The minimum Gasteiger partial charge on any atom is -0.481 e. The van der Waals surface area contributed by atoms with Gasteiger partial charge < -0.3 is 14.8 Å². The molecule has 0 aromatic carbocycles. The average molecular weight is 209 g/mol. The van der Waals surface area contributed by atoms with Crippen molar-refractivity contribution in [3.05, 3.63) is 11.9 Å². The van der Waals surface area contributed by atoms with Gasteiger partial charge in [-0.05, 0) is 19.9 Å². The Morgan fingerprint density at radius 2 is 2.20 bits per heavy atom. The molecule has 82 valence electrons. The van der Waals surface area contributed by atoms with Crippen molar-refractivity contribution in [3.8, 4) is 11.8 Å². The molecule has 1 aliphatic heterocycles. The summed E-state index contributed by atoms with van der Waals surface area (Å²) in [6, 6.07) is 0. The van der Waals surface area contributed by atoms with Gasteiger partial charge in [-0.2, -0.15) is 0 Å². The van der Waals surface area contributed by atoms with E-state index < -0.39 is 0 Å². The Labute approximate surface area is 88.8 Å². The van der Waals surface area contributed by atoms with Crippen molar-refractivity contribution in [2.75, 3.05) is 20.2 Å². The quantitative estimate of drug-likeness (QED) is 0.787. The topological polar surface area (TPSA) is 56.3 Å². The van der Waals surface area contributed by atoms with E-state index in [1.807, 2.05) is 6.92 Å². The van der Waals surface area contributed by atoms with Gasteiger partial charge in [0, 0.05) is 6.54 Å². The number of nitrogens with zero attached hydrogens (tertiary/aromatic N) is 2. The highest BCUT2D eigenvalue weighted by Crippen LogP contribution is 2.23. The Bertz CT molecular complexity index is 337. The Kier molecular flexibility index (Phi) is 3.01. The number of nitrogens with one attached hydrogen (secondary N) is 1. The molecule has 1 aliphatic rings. The maximum Gasteiger partial charge on any atom is 0.223 e. The summed E-state index contributed by atoms with van der Waals surface area (Å²) >= 11 is 0. The molecule has 0 bridgehead atoms. The molecule has 1 unspecified atom stereocenters. The molecule has 1 aromatic rings. The lowest BCUT2D eigenvalue weighted by molar-refractivity contribution is 0.210. The lowest BCUT2D eigenvalue weighted by Crippen LogP contribution is -2.20. The van der Waals surface area contributed by atoms with Crippen molar-refractivity contribution in [2.24, 2.45) is 0 Å². The predicted octanol–water partition coefficient (Wildman–Crippen LogP) is 0.534. The lowest BCUT2D eigenvalue weighted by Gasteiger charge is -2.14. The van der Waals surface area contributed by atoms with E-state index in [1.165, 1.54) is 6.33 Å². The van der Waals surface area contributed by atoms with Crippen LogP contribution in [0.25, 0.3) is 0 Å². The van der Waals surface area contributed by atoms with Crippen molar-refractivity contribution >= 4 is 0 Å². The molecule has 0 saturated carbocycles. The van der Waals surface area contributed by atoms with E-state index >= 15 is 0 Å². The maximum atomic E-state index is 5.75. The Morgan fingerprint density at radius 3 is 2.87 bits per heavy atom. The molecule has 0 amide bonds. The van der Waals surface area contributed by atoms with Crippen LogP contribution in [-0.4, -0.2) is 36.3 Å². The van der Waals surface area contributed by atoms with Crippen LogP contribution >= 0.6 is 0 Å². The molecule has 0 radical (unpaired) electrons. The SMILES string of the molecule is COc1ncnc(OC2CCNC2)c1C. The van der Waals surface area contributed by atoms with Gasteiger partial charge >= 0.3 is 0 Å². The first kappa shape index (κ1) is 10.2. The van der Waals surface area contributed by atoms with Crippen molar-refractivity contribution in [1.82, 2.24) is 15.3 Å². The summed E-state index contributed by atoms with van der Waals surface area (Å²) in [6.45, 7) is 3.79. The van der Waals surface area contributed by atoms with Gasteiger partial charge in [0.1, 0.15) is 12.4 Å². The van der Waals surface area contributed by atoms with Crippen LogP contribution in [0.2, 0.25) is 0 Å². The van der Waals surface area contributed by atoms with Gasteiger partial charge in [0.25, 0.3) is 0 Å². The van der Waals surface area contributed by atoms with Gasteiger partial charge in [0.15, 0.2) is 0 Å².